The van der Waals surface area contributed by atoms with E-state index in [9.17, 15) is 9.59 Å². The first-order valence-electron chi connectivity index (χ1n) is 8.97. The van der Waals surface area contributed by atoms with Crippen molar-refractivity contribution >= 4 is 16.8 Å². The first kappa shape index (κ1) is 17.4. The van der Waals surface area contributed by atoms with Gasteiger partial charge in [-0.05, 0) is 44.1 Å². The van der Waals surface area contributed by atoms with Crippen LogP contribution in [0.25, 0.3) is 11.1 Å². The lowest BCUT2D eigenvalue weighted by Crippen LogP contribution is -2.15. The molecule has 2 aromatic heterocycles. The van der Waals surface area contributed by atoms with E-state index < -0.39 is 5.63 Å². The second-order valence-electron chi connectivity index (χ2n) is 6.41. The number of rotatable bonds is 6. The summed E-state index contributed by atoms with van der Waals surface area (Å²) in [5.41, 5.74) is 0.740. The summed E-state index contributed by atoms with van der Waals surface area (Å²) in [6.45, 7) is 2.10. The molecule has 0 aromatic carbocycles. The van der Waals surface area contributed by atoms with Crippen LogP contribution in [0.4, 0.5) is 0 Å². The van der Waals surface area contributed by atoms with E-state index in [0.29, 0.717) is 17.4 Å². The summed E-state index contributed by atoms with van der Waals surface area (Å²) in [6, 6.07) is 1.32. The molecule has 7 heteroatoms. The van der Waals surface area contributed by atoms with Crippen LogP contribution < -0.4 is 16.0 Å². The van der Waals surface area contributed by atoms with Gasteiger partial charge in [0.25, 0.3) is 5.56 Å². The van der Waals surface area contributed by atoms with Gasteiger partial charge in [-0.2, -0.15) is 4.98 Å². The van der Waals surface area contributed by atoms with E-state index in [4.69, 9.17) is 9.25 Å². The van der Waals surface area contributed by atoms with Crippen LogP contribution in [0.5, 0.6) is 6.01 Å². The maximum atomic E-state index is 12.4. The lowest BCUT2D eigenvalue weighted by Gasteiger charge is -2.11. The zero-order chi connectivity index (χ0) is 17.6. The number of hydrogen-bond donors (Lipinski definition) is 1. The van der Waals surface area contributed by atoms with Crippen LogP contribution in [0, 0.1) is 0 Å². The average molecular weight is 345 g/mol. The predicted octanol–water partition coefficient (Wildman–Crippen LogP) is 3.31. The van der Waals surface area contributed by atoms with Crippen molar-refractivity contribution in [3.8, 4) is 6.01 Å². The van der Waals surface area contributed by atoms with Gasteiger partial charge in [-0.25, -0.2) is 4.79 Å². The number of oxime groups is 1. The molecule has 1 aliphatic carbocycles. The third-order valence-corrected chi connectivity index (χ3v) is 4.42. The Morgan fingerprint density at radius 1 is 1.24 bits per heavy atom. The number of unbranched alkanes of at least 4 members (excludes halogenated alkanes) is 2. The van der Waals surface area contributed by atoms with Crippen LogP contribution in [-0.4, -0.2) is 15.7 Å². The molecule has 2 aromatic rings. The van der Waals surface area contributed by atoms with Gasteiger partial charge < -0.3 is 9.25 Å². The second kappa shape index (κ2) is 8.09. The third kappa shape index (κ3) is 4.35. The fourth-order valence-electron chi connectivity index (χ4n) is 3.09. The number of fused-ring (bicyclic) bond motifs is 1. The fraction of sp³-hybridized carbons (Fsp3) is 0.556. The van der Waals surface area contributed by atoms with E-state index >= 15 is 0 Å². The third-order valence-electron chi connectivity index (χ3n) is 4.42. The molecule has 1 fully saturated rings. The SMILES string of the molecule is CCCCCc1cc(=O)oc2nc(ON=C3CCCCC3)[nH]c(=O)c12. The van der Waals surface area contributed by atoms with Crippen LogP contribution in [0.3, 0.4) is 0 Å². The van der Waals surface area contributed by atoms with Crippen LogP contribution in [0.2, 0.25) is 0 Å². The van der Waals surface area contributed by atoms with Crippen LogP contribution in [0.1, 0.15) is 63.9 Å². The minimum Gasteiger partial charge on any atom is -0.403 e. The summed E-state index contributed by atoms with van der Waals surface area (Å²) >= 11 is 0. The Labute approximate surface area is 145 Å². The molecule has 0 atom stereocenters. The molecule has 0 spiro atoms. The summed E-state index contributed by atoms with van der Waals surface area (Å²) in [4.78, 5) is 36.2. The van der Waals surface area contributed by atoms with Crippen molar-refractivity contribution in [2.75, 3.05) is 0 Å². The number of aromatic amines is 1. The molecule has 1 saturated carbocycles. The first-order valence-corrected chi connectivity index (χ1v) is 8.97. The summed E-state index contributed by atoms with van der Waals surface area (Å²) in [5, 5.41) is 4.38. The monoisotopic (exact) mass is 345 g/mol. The molecule has 7 nitrogen and oxygen atoms in total. The molecule has 0 bridgehead atoms. The minimum atomic E-state index is -0.512. The fourth-order valence-corrected chi connectivity index (χ4v) is 3.09. The smallest absolute Gasteiger partial charge is 0.337 e. The molecule has 134 valence electrons. The van der Waals surface area contributed by atoms with E-state index in [1.165, 1.54) is 12.5 Å². The van der Waals surface area contributed by atoms with Gasteiger partial charge in [0.1, 0.15) is 5.39 Å². The first-order chi connectivity index (χ1) is 12.2. The molecule has 0 aliphatic heterocycles. The van der Waals surface area contributed by atoms with Crippen molar-refractivity contribution in [3.63, 3.8) is 0 Å². The highest BCUT2D eigenvalue weighted by molar-refractivity contribution is 5.84. The van der Waals surface area contributed by atoms with Gasteiger partial charge >= 0.3 is 11.6 Å². The van der Waals surface area contributed by atoms with Gasteiger partial charge in [-0.3, -0.25) is 9.78 Å². The summed E-state index contributed by atoms with van der Waals surface area (Å²) in [5.74, 6) is 0. The highest BCUT2D eigenvalue weighted by Gasteiger charge is 2.14. The van der Waals surface area contributed by atoms with Crippen molar-refractivity contribution in [2.24, 2.45) is 5.16 Å². The molecular weight excluding hydrogens is 322 g/mol. The summed E-state index contributed by atoms with van der Waals surface area (Å²) in [7, 11) is 0. The Morgan fingerprint density at radius 3 is 2.80 bits per heavy atom. The summed E-state index contributed by atoms with van der Waals surface area (Å²) in [6.07, 6.45) is 8.83. The molecular formula is C18H23N3O4. The van der Waals surface area contributed by atoms with Gasteiger partial charge in [0, 0.05) is 6.07 Å². The van der Waals surface area contributed by atoms with Crippen LogP contribution in [-0.2, 0) is 6.42 Å². The van der Waals surface area contributed by atoms with Gasteiger partial charge in [-0.15, -0.1) is 0 Å². The summed E-state index contributed by atoms with van der Waals surface area (Å²) < 4.78 is 5.11. The highest BCUT2D eigenvalue weighted by atomic mass is 16.6. The molecule has 0 unspecified atom stereocenters. The van der Waals surface area contributed by atoms with Crippen LogP contribution in [0.15, 0.2) is 25.2 Å². The lowest BCUT2D eigenvalue weighted by molar-refractivity contribution is 0.307. The second-order valence-corrected chi connectivity index (χ2v) is 6.41. The molecule has 0 radical (unpaired) electrons. The predicted molar refractivity (Wildman–Crippen MR) is 95.3 cm³/mol. The van der Waals surface area contributed by atoms with Crippen molar-refractivity contribution in [1.29, 1.82) is 0 Å². The van der Waals surface area contributed by atoms with Crippen molar-refractivity contribution < 1.29 is 9.25 Å². The van der Waals surface area contributed by atoms with Crippen LogP contribution >= 0.6 is 0 Å². The number of nitrogens with one attached hydrogen (secondary N) is 1. The molecule has 25 heavy (non-hydrogen) atoms. The molecule has 1 aliphatic rings. The Kier molecular flexibility index (Phi) is 5.63. The van der Waals surface area contributed by atoms with Gasteiger partial charge in [0.2, 0.25) is 5.71 Å². The molecule has 3 rings (SSSR count). The largest absolute Gasteiger partial charge is 0.403 e. The van der Waals surface area contributed by atoms with E-state index in [-0.39, 0.29) is 17.3 Å². The normalized spacial score (nSPS) is 14.7. The Bertz CT molecular complexity index is 874. The molecule has 2 heterocycles. The Balaban J connectivity index is 1.90. The number of nitrogens with zero attached hydrogens (tertiary/aromatic N) is 2. The number of aromatic nitrogens is 2. The van der Waals surface area contributed by atoms with Gasteiger partial charge in [0.05, 0.1) is 5.71 Å². The number of aryl methyl sites for hydroxylation is 1. The maximum absolute atomic E-state index is 12.4. The zero-order valence-electron chi connectivity index (χ0n) is 14.5. The topological polar surface area (TPSA) is 97.5 Å². The Morgan fingerprint density at radius 2 is 2.04 bits per heavy atom. The minimum absolute atomic E-state index is 0.00147. The zero-order valence-corrected chi connectivity index (χ0v) is 14.5. The maximum Gasteiger partial charge on any atom is 0.337 e. The van der Waals surface area contributed by atoms with Crippen molar-refractivity contribution in [1.82, 2.24) is 9.97 Å². The van der Waals surface area contributed by atoms with E-state index in [1.807, 2.05) is 0 Å². The van der Waals surface area contributed by atoms with Gasteiger partial charge in [0.15, 0.2) is 0 Å². The van der Waals surface area contributed by atoms with Crippen molar-refractivity contribution in [3.05, 3.63) is 32.4 Å². The van der Waals surface area contributed by atoms with E-state index in [1.54, 1.807) is 0 Å². The van der Waals surface area contributed by atoms with E-state index in [2.05, 4.69) is 22.0 Å². The molecule has 0 saturated heterocycles. The lowest BCUT2D eigenvalue weighted by atomic mass is 9.99. The molecule has 0 amide bonds. The number of H-pyrrole nitrogens is 1. The van der Waals surface area contributed by atoms with Crippen molar-refractivity contribution in [2.45, 2.75) is 64.7 Å². The van der Waals surface area contributed by atoms with E-state index in [0.717, 1.165) is 50.7 Å². The average Bonchev–Trinajstić information content (AvgIpc) is 2.60. The highest BCUT2D eigenvalue weighted by Crippen LogP contribution is 2.17. The molecule has 1 N–H and O–H groups in total. The number of hydrogen-bond acceptors (Lipinski definition) is 6. The van der Waals surface area contributed by atoms with Gasteiger partial charge in [-0.1, -0.05) is 31.3 Å². The Hall–Kier alpha value is -2.44. The standard InChI is InChI=1S/C18H23N3O4/c1-2-3-5-8-12-11-14(22)24-17-15(12)16(23)19-18(20-17)25-21-13-9-6-4-7-10-13/h11H,2-10H2,1H3,(H,19,20,23). The quantitative estimate of drug-likeness (QED) is 0.640.